The standard InChI is InChI=1S/C12H16ClNO4S/c1-8(2)11(12(15)16)14-19(17,18)7-9-5-3-4-6-10(9)13/h3-6,8,11,14H,7H2,1-2H3,(H,15,16). The quantitative estimate of drug-likeness (QED) is 0.840. The van der Waals surface area contributed by atoms with Gasteiger partial charge in [-0.1, -0.05) is 43.6 Å². The number of aliphatic carboxylic acids is 1. The number of rotatable bonds is 6. The van der Waals surface area contributed by atoms with Crippen LogP contribution in [0, 0.1) is 5.92 Å². The molecule has 0 aliphatic heterocycles. The van der Waals surface area contributed by atoms with E-state index in [1.54, 1.807) is 38.1 Å². The van der Waals surface area contributed by atoms with Gasteiger partial charge in [0.2, 0.25) is 10.0 Å². The maximum atomic E-state index is 11.9. The van der Waals surface area contributed by atoms with E-state index in [4.69, 9.17) is 16.7 Å². The molecule has 2 N–H and O–H groups in total. The highest BCUT2D eigenvalue weighted by Gasteiger charge is 2.27. The van der Waals surface area contributed by atoms with E-state index in [2.05, 4.69) is 4.72 Å². The van der Waals surface area contributed by atoms with Crippen LogP contribution in [0.4, 0.5) is 0 Å². The van der Waals surface area contributed by atoms with Gasteiger partial charge in [0, 0.05) is 5.02 Å². The molecular formula is C12H16ClNO4S. The molecule has 7 heteroatoms. The third-order valence-electron chi connectivity index (χ3n) is 2.54. The first kappa shape index (κ1) is 15.9. The molecule has 0 heterocycles. The van der Waals surface area contributed by atoms with Crippen molar-refractivity contribution in [2.75, 3.05) is 0 Å². The van der Waals surface area contributed by atoms with Crippen LogP contribution in [0.15, 0.2) is 24.3 Å². The lowest BCUT2D eigenvalue weighted by Crippen LogP contribution is -2.44. The Morgan fingerprint density at radius 2 is 1.95 bits per heavy atom. The first-order valence-corrected chi connectivity index (χ1v) is 7.72. The van der Waals surface area contributed by atoms with Crippen LogP contribution in [0.3, 0.4) is 0 Å². The van der Waals surface area contributed by atoms with Gasteiger partial charge in [0.05, 0.1) is 5.75 Å². The zero-order valence-corrected chi connectivity index (χ0v) is 12.2. The summed E-state index contributed by atoms with van der Waals surface area (Å²) in [5, 5.41) is 9.31. The highest BCUT2D eigenvalue weighted by atomic mass is 35.5. The molecule has 0 aromatic heterocycles. The van der Waals surface area contributed by atoms with E-state index < -0.39 is 22.0 Å². The van der Waals surface area contributed by atoms with Gasteiger partial charge in [-0.2, -0.15) is 0 Å². The van der Waals surface area contributed by atoms with Gasteiger partial charge >= 0.3 is 5.97 Å². The predicted molar refractivity (Wildman–Crippen MR) is 73.5 cm³/mol. The summed E-state index contributed by atoms with van der Waals surface area (Å²) in [6.07, 6.45) is 0. The predicted octanol–water partition coefficient (Wildman–Crippen LogP) is 1.87. The first-order chi connectivity index (χ1) is 8.73. The number of nitrogens with one attached hydrogen (secondary N) is 1. The van der Waals surface area contributed by atoms with E-state index in [0.717, 1.165) is 0 Å². The Morgan fingerprint density at radius 1 is 1.37 bits per heavy atom. The molecule has 0 fully saturated rings. The second kappa shape index (κ2) is 6.36. The molecule has 0 bridgehead atoms. The van der Waals surface area contributed by atoms with Crippen LogP contribution < -0.4 is 4.72 Å². The van der Waals surface area contributed by atoms with Crippen molar-refractivity contribution in [3.8, 4) is 0 Å². The number of benzene rings is 1. The van der Waals surface area contributed by atoms with Crippen molar-refractivity contribution in [2.24, 2.45) is 5.92 Å². The van der Waals surface area contributed by atoms with Gasteiger partial charge in [0.25, 0.3) is 0 Å². The molecule has 1 aromatic rings. The number of carbonyl (C=O) groups is 1. The minimum atomic E-state index is -3.76. The Kier molecular flexibility index (Phi) is 5.34. The summed E-state index contributed by atoms with van der Waals surface area (Å²) in [5.74, 6) is -1.89. The van der Waals surface area contributed by atoms with Gasteiger partial charge in [-0.05, 0) is 17.5 Å². The molecule has 0 aliphatic carbocycles. The van der Waals surface area contributed by atoms with E-state index in [1.807, 2.05) is 0 Å². The van der Waals surface area contributed by atoms with E-state index in [9.17, 15) is 13.2 Å². The largest absolute Gasteiger partial charge is 0.480 e. The molecule has 1 aromatic carbocycles. The number of sulfonamides is 1. The summed E-state index contributed by atoms with van der Waals surface area (Å²) in [6.45, 7) is 3.27. The SMILES string of the molecule is CC(C)C(NS(=O)(=O)Cc1ccccc1Cl)C(=O)O. The van der Waals surface area contributed by atoms with E-state index in [0.29, 0.717) is 10.6 Å². The molecule has 0 amide bonds. The zero-order valence-electron chi connectivity index (χ0n) is 10.6. The highest BCUT2D eigenvalue weighted by molar-refractivity contribution is 7.88. The summed E-state index contributed by atoms with van der Waals surface area (Å²) in [5.41, 5.74) is 0.435. The number of halogens is 1. The number of hydrogen-bond donors (Lipinski definition) is 2. The van der Waals surface area contributed by atoms with Gasteiger partial charge in [0.15, 0.2) is 0 Å². The average molecular weight is 306 g/mol. The number of carboxylic acids is 1. The van der Waals surface area contributed by atoms with Crippen molar-refractivity contribution in [1.29, 1.82) is 0 Å². The minimum Gasteiger partial charge on any atom is -0.480 e. The third kappa shape index (κ3) is 4.81. The Labute approximate surface area is 117 Å². The number of hydrogen-bond acceptors (Lipinski definition) is 3. The minimum absolute atomic E-state index is 0.337. The van der Waals surface area contributed by atoms with Crippen LogP contribution in [0.25, 0.3) is 0 Å². The van der Waals surface area contributed by atoms with Gasteiger partial charge in [-0.15, -0.1) is 0 Å². The Bertz CT molecular complexity index is 557. The van der Waals surface area contributed by atoms with Gasteiger partial charge < -0.3 is 5.11 Å². The molecule has 1 atom stereocenters. The molecular weight excluding hydrogens is 290 g/mol. The maximum Gasteiger partial charge on any atom is 0.321 e. The molecule has 0 saturated carbocycles. The topological polar surface area (TPSA) is 83.5 Å². The smallest absolute Gasteiger partial charge is 0.321 e. The van der Waals surface area contributed by atoms with Crippen molar-refractivity contribution in [3.05, 3.63) is 34.9 Å². The van der Waals surface area contributed by atoms with Crippen molar-refractivity contribution >= 4 is 27.6 Å². The highest BCUT2D eigenvalue weighted by Crippen LogP contribution is 2.17. The molecule has 5 nitrogen and oxygen atoms in total. The van der Waals surface area contributed by atoms with Gasteiger partial charge in [-0.25, -0.2) is 13.1 Å². The molecule has 1 unspecified atom stereocenters. The van der Waals surface area contributed by atoms with Gasteiger partial charge in [-0.3, -0.25) is 4.79 Å². The summed E-state index contributed by atoms with van der Waals surface area (Å²) < 4.78 is 26.1. The van der Waals surface area contributed by atoms with E-state index >= 15 is 0 Å². The molecule has 0 radical (unpaired) electrons. The van der Waals surface area contributed by atoms with Crippen LogP contribution in [0.1, 0.15) is 19.4 Å². The zero-order chi connectivity index (χ0) is 14.6. The summed E-state index contributed by atoms with van der Waals surface area (Å²) in [4.78, 5) is 11.0. The monoisotopic (exact) mass is 305 g/mol. The second-order valence-electron chi connectivity index (χ2n) is 4.53. The maximum absolute atomic E-state index is 11.9. The molecule has 19 heavy (non-hydrogen) atoms. The lowest BCUT2D eigenvalue weighted by Gasteiger charge is -2.18. The lowest BCUT2D eigenvalue weighted by atomic mass is 10.1. The average Bonchev–Trinajstić information content (AvgIpc) is 2.28. The Balaban J connectivity index is 2.88. The summed E-state index contributed by atoms with van der Waals surface area (Å²) in [7, 11) is -3.76. The van der Waals surface area contributed by atoms with Crippen molar-refractivity contribution in [1.82, 2.24) is 4.72 Å². The molecule has 0 spiro atoms. The third-order valence-corrected chi connectivity index (χ3v) is 4.22. The van der Waals surface area contributed by atoms with E-state index in [-0.39, 0.29) is 11.7 Å². The second-order valence-corrected chi connectivity index (χ2v) is 6.69. The Morgan fingerprint density at radius 3 is 2.42 bits per heavy atom. The fraction of sp³-hybridized carbons (Fsp3) is 0.417. The van der Waals surface area contributed by atoms with Crippen molar-refractivity contribution in [3.63, 3.8) is 0 Å². The molecule has 0 aliphatic rings. The molecule has 0 saturated heterocycles. The fourth-order valence-electron chi connectivity index (χ4n) is 1.53. The molecule has 1 rings (SSSR count). The first-order valence-electron chi connectivity index (χ1n) is 5.69. The fourth-order valence-corrected chi connectivity index (χ4v) is 3.31. The van der Waals surface area contributed by atoms with Crippen LogP contribution in [-0.2, 0) is 20.6 Å². The normalized spacial score (nSPS) is 13.5. The van der Waals surface area contributed by atoms with Gasteiger partial charge in [0.1, 0.15) is 6.04 Å². The number of carboxylic acid groups (broad SMARTS) is 1. The lowest BCUT2D eigenvalue weighted by molar-refractivity contribution is -0.140. The summed E-state index contributed by atoms with van der Waals surface area (Å²) in [6, 6.07) is 5.40. The summed E-state index contributed by atoms with van der Waals surface area (Å²) >= 11 is 5.88. The van der Waals surface area contributed by atoms with Crippen LogP contribution in [-0.4, -0.2) is 25.5 Å². The van der Waals surface area contributed by atoms with Crippen LogP contribution in [0.2, 0.25) is 5.02 Å². The van der Waals surface area contributed by atoms with Crippen molar-refractivity contribution < 1.29 is 18.3 Å². The van der Waals surface area contributed by atoms with E-state index in [1.165, 1.54) is 0 Å². The molecule has 106 valence electrons. The van der Waals surface area contributed by atoms with Crippen LogP contribution in [0.5, 0.6) is 0 Å². The van der Waals surface area contributed by atoms with Crippen molar-refractivity contribution in [2.45, 2.75) is 25.6 Å². The Hall–Kier alpha value is -1.11. The van der Waals surface area contributed by atoms with Crippen LogP contribution >= 0.6 is 11.6 Å².